The minimum absolute atomic E-state index is 0.0256. The van der Waals surface area contributed by atoms with Crippen molar-refractivity contribution in [2.24, 2.45) is 0 Å². The van der Waals surface area contributed by atoms with Crippen molar-refractivity contribution in [1.29, 1.82) is 0 Å². The number of pyridine rings is 1. The Labute approximate surface area is 133 Å². The summed E-state index contributed by atoms with van der Waals surface area (Å²) in [5, 5.41) is 9.65. The van der Waals surface area contributed by atoms with Gasteiger partial charge in [-0.15, -0.1) is 0 Å². The topological polar surface area (TPSA) is 62.7 Å². The lowest BCUT2D eigenvalue weighted by Gasteiger charge is -2.23. The number of halogens is 1. The molecule has 0 bridgehead atoms. The number of methoxy groups -OCH3 is 1. The van der Waals surface area contributed by atoms with Crippen LogP contribution in [-0.4, -0.2) is 34.0 Å². The number of aromatic hydroxyl groups is 1. The van der Waals surface area contributed by atoms with E-state index in [4.69, 9.17) is 4.74 Å². The van der Waals surface area contributed by atoms with Crippen molar-refractivity contribution in [2.75, 3.05) is 7.11 Å². The average molecular weight is 316 g/mol. The maximum atomic E-state index is 13.8. The molecule has 1 aromatic heterocycles. The van der Waals surface area contributed by atoms with Crippen molar-refractivity contribution in [1.82, 2.24) is 9.88 Å². The molecule has 1 aliphatic rings. The minimum atomic E-state index is -0.619. The maximum Gasteiger partial charge on any atom is 0.257 e. The van der Waals surface area contributed by atoms with Crippen LogP contribution >= 0.6 is 0 Å². The largest absolute Gasteiger partial charge is 0.504 e. The minimum Gasteiger partial charge on any atom is -0.504 e. The fourth-order valence-electron chi connectivity index (χ4n) is 2.47. The lowest BCUT2D eigenvalue weighted by Crippen LogP contribution is -2.33. The van der Waals surface area contributed by atoms with Crippen molar-refractivity contribution in [3.05, 3.63) is 53.6 Å². The van der Waals surface area contributed by atoms with E-state index in [1.807, 2.05) is 0 Å². The molecular formula is C17H17FN2O3. The number of rotatable bonds is 5. The second-order valence-corrected chi connectivity index (χ2v) is 5.53. The molecule has 0 radical (unpaired) electrons. The number of aromatic nitrogens is 1. The van der Waals surface area contributed by atoms with Gasteiger partial charge in [-0.1, -0.05) is 6.07 Å². The van der Waals surface area contributed by atoms with Crippen LogP contribution in [0.5, 0.6) is 11.5 Å². The molecule has 3 rings (SSSR count). The Kier molecular flexibility index (Phi) is 4.14. The van der Waals surface area contributed by atoms with Gasteiger partial charge in [-0.2, -0.15) is 0 Å². The van der Waals surface area contributed by atoms with Crippen LogP contribution in [0.4, 0.5) is 4.39 Å². The summed E-state index contributed by atoms with van der Waals surface area (Å²) in [5.41, 5.74) is 0.840. The third-order valence-corrected chi connectivity index (χ3v) is 3.85. The predicted octanol–water partition coefficient (Wildman–Crippen LogP) is 2.74. The van der Waals surface area contributed by atoms with Crippen molar-refractivity contribution in [3.8, 4) is 11.5 Å². The van der Waals surface area contributed by atoms with Gasteiger partial charge >= 0.3 is 0 Å². The SMILES string of the molecule is COc1cc(CN(C(=O)c2ccncc2F)C2CC2)ccc1O. The molecular weight excluding hydrogens is 299 g/mol. The summed E-state index contributed by atoms with van der Waals surface area (Å²) in [7, 11) is 1.47. The summed E-state index contributed by atoms with van der Waals surface area (Å²) >= 11 is 0. The highest BCUT2D eigenvalue weighted by atomic mass is 19.1. The molecule has 6 heteroatoms. The third-order valence-electron chi connectivity index (χ3n) is 3.85. The standard InChI is InChI=1S/C17H17FN2O3/c1-23-16-8-11(2-5-15(16)21)10-20(12-3-4-12)17(22)13-6-7-19-9-14(13)18/h2,5-9,12,21H,3-4,10H2,1H3. The summed E-state index contributed by atoms with van der Waals surface area (Å²) in [6, 6.07) is 6.45. The van der Waals surface area contributed by atoms with Gasteiger partial charge in [0.1, 0.15) is 0 Å². The number of benzene rings is 1. The fraction of sp³-hybridized carbons (Fsp3) is 0.294. The molecule has 0 spiro atoms. The first kappa shape index (κ1) is 15.3. The Morgan fingerprint density at radius 1 is 1.43 bits per heavy atom. The Hall–Kier alpha value is -2.63. The molecule has 0 unspecified atom stereocenters. The van der Waals surface area contributed by atoms with E-state index in [9.17, 15) is 14.3 Å². The van der Waals surface area contributed by atoms with Crippen LogP contribution in [0.3, 0.4) is 0 Å². The van der Waals surface area contributed by atoms with Crippen molar-refractivity contribution in [3.63, 3.8) is 0 Å². The van der Waals surface area contributed by atoms with Crippen molar-refractivity contribution >= 4 is 5.91 Å². The second kappa shape index (κ2) is 6.24. The first-order chi connectivity index (χ1) is 11.1. The summed E-state index contributed by atoms with van der Waals surface area (Å²) in [5.74, 6) is -0.576. The second-order valence-electron chi connectivity index (χ2n) is 5.53. The molecule has 5 nitrogen and oxygen atoms in total. The van der Waals surface area contributed by atoms with E-state index in [-0.39, 0.29) is 23.3 Å². The summed E-state index contributed by atoms with van der Waals surface area (Å²) < 4.78 is 18.9. The molecule has 1 fully saturated rings. The van der Waals surface area contributed by atoms with Gasteiger partial charge in [-0.25, -0.2) is 4.39 Å². The predicted molar refractivity (Wildman–Crippen MR) is 81.7 cm³/mol. The van der Waals surface area contributed by atoms with E-state index in [2.05, 4.69) is 4.98 Å². The number of phenolic OH excluding ortho intramolecular Hbond substituents is 1. The maximum absolute atomic E-state index is 13.8. The Morgan fingerprint density at radius 2 is 2.22 bits per heavy atom. The third kappa shape index (κ3) is 3.26. The van der Waals surface area contributed by atoms with Gasteiger partial charge in [-0.3, -0.25) is 9.78 Å². The molecule has 1 heterocycles. The van der Waals surface area contributed by atoms with Gasteiger partial charge < -0.3 is 14.7 Å². The summed E-state index contributed by atoms with van der Waals surface area (Å²) in [4.78, 5) is 18.0. The Bertz CT molecular complexity index is 732. The molecule has 1 aliphatic carbocycles. The Morgan fingerprint density at radius 3 is 2.87 bits per heavy atom. The number of carbonyl (C=O) groups is 1. The van der Waals surface area contributed by atoms with E-state index in [1.54, 1.807) is 17.0 Å². The molecule has 1 amide bonds. The monoisotopic (exact) mass is 316 g/mol. The van der Waals surface area contributed by atoms with Crippen LogP contribution in [0.1, 0.15) is 28.8 Å². The van der Waals surface area contributed by atoms with E-state index in [0.29, 0.717) is 12.3 Å². The number of phenols is 1. The number of hydrogen-bond donors (Lipinski definition) is 1. The molecule has 0 aliphatic heterocycles. The number of ether oxygens (including phenoxy) is 1. The van der Waals surface area contributed by atoms with Crippen LogP contribution in [0.15, 0.2) is 36.7 Å². The van der Waals surface area contributed by atoms with Gasteiger partial charge in [0.05, 0.1) is 18.9 Å². The number of nitrogens with zero attached hydrogens (tertiary/aromatic N) is 2. The van der Waals surface area contributed by atoms with Crippen LogP contribution in [0.25, 0.3) is 0 Å². The van der Waals surface area contributed by atoms with Gasteiger partial charge in [0.2, 0.25) is 0 Å². The zero-order valence-electron chi connectivity index (χ0n) is 12.7. The van der Waals surface area contributed by atoms with Gasteiger partial charge in [0, 0.05) is 18.8 Å². The van der Waals surface area contributed by atoms with E-state index >= 15 is 0 Å². The molecule has 2 aromatic rings. The van der Waals surface area contributed by atoms with Crippen LogP contribution < -0.4 is 4.74 Å². The Balaban J connectivity index is 1.85. The number of carbonyl (C=O) groups excluding carboxylic acids is 1. The zero-order chi connectivity index (χ0) is 16.4. The van der Waals surface area contributed by atoms with E-state index < -0.39 is 5.82 Å². The highest BCUT2D eigenvalue weighted by Gasteiger charge is 2.34. The first-order valence-corrected chi connectivity index (χ1v) is 7.36. The number of amides is 1. The van der Waals surface area contributed by atoms with Crippen molar-refractivity contribution in [2.45, 2.75) is 25.4 Å². The molecule has 1 N–H and O–H groups in total. The number of hydrogen-bond acceptors (Lipinski definition) is 4. The van der Waals surface area contributed by atoms with Crippen LogP contribution in [-0.2, 0) is 6.54 Å². The van der Waals surface area contributed by atoms with Crippen LogP contribution in [0, 0.1) is 5.82 Å². The quantitative estimate of drug-likeness (QED) is 0.921. The molecule has 23 heavy (non-hydrogen) atoms. The molecule has 1 saturated carbocycles. The normalized spacial score (nSPS) is 13.7. The van der Waals surface area contributed by atoms with Gasteiger partial charge in [0.15, 0.2) is 17.3 Å². The fourth-order valence-corrected chi connectivity index (χ4v) is 2.47. The summed E-state index contributed by atoms with van der Waals surface area (Å²) in [6.07, 6.45) is 4.27. The van der Waals surface area contributed by atoms with E-state index in [1.165, 1.54) is 25.4 Å². The van der Waals surface area contributed by atoms with E-state index in [0.717, 1.165) is 24.6 Å². The van der Waals surface area contributed by atoms with Gasteiger partial charge in [0.25, 0.3) is 5.91 Å². The highest BCUT2D eigenvalue weighted by Crippen LogP contribution is 2.32. The smallest absolute Gasteiger partial charge is 0.257 e. The molecule has 1 aromatic carbocycles. The molecule has 120 valence electrons. The average Bonchev–Trinajstić information content (AvgIpc) is 3.38. The summed E-state index contributed by atoms with van der Waals surface area (Å²) in [6.45, 7) is 0.335. The zero-order valence-corrected chi connectivity index (χ0v) is 12.7. The van der Waals surface area contributed by atoms with Crippen molar-refractivity contribution < 1.29 is 19.0 Å². The van der Waals surface area contributed by atoms with Crippen LogP contribution in [0.2, 0.25) is 0 Å². The lowest BCUT2D eigenvalue weighted by molar-refractivity contribution is 0.0725. The first-order valence-electron chi connectivity index (χ1n) is 7.36. The highest BCUT2D eigenvalue weighted by molar-refractivity contribution is 5.94. The molecule has 0 atom stereocenters. The van der Waals surface area contributed by atoms with Gasteiger partial charge in [-0.05, 0) is 36.6 Å². The molecule has 0 saturated heterocycles. The lowest BCUT2D eigenvalue weighted by atomic mass is 10.1.